The molecule has 8 nitrogen and oxygen atoms in total. The third-order valence-corrected chi connectivity index (χ3v) is 5.39. The maximum atomic E-state index is 14.4. The van der Waals surface area contributed by atoms with Crippen molar-refractivity contribution >= 4 is 45.0 Å². The van der Waals surface area contributed by atoms with Crippen LogP contribution in [0.3, 0.4) is 0 Å². The molecule has 10 heteroatoms. The fourth-order valence-electron chi connectivity index (χ4n) is 3.19. The van der Waals surface area contributed by atoms with Crippen molar-refractivity contribution in [2.75, 3.05) is 18.5 Å². The van der Waals surface area contributed by atoms with Gasteiger partial charge in [0.1, 0.15) is 24.2 Å². The van der Waals surface area contributed by atoms with E-state index < -0.39 is 24.0 Å². The predicted octanol–water partition coefficient (Wildman–Crippen LogP) is 1.76. The SMILES string of the molecule is Cc1c(Nc2ccc(I)cc2F)c2c(=O)c(OCC(O)CO)cn(C)c2n(C)c1=O. The lowest BCUT2D eigenvalue weighted by molar-refractivity contribution is 0.0531. The average molecular weight is 529 g/mol. The van der Waals surface area contributed by atoms with Crippen LogP contribution in [-0.4, -0.2) is 38.7 Å². The molecule has 3 aromatic rings. The standard InChI is InChI=1S/C20H21FIN3O5/c1-10-17(23-14-5-4-11(22)6-13(14)21)16-18(28)15(30-9-12(27)8-26)7-24(2)19(16)25(3)20(10)29/h4-7,12,23,26-27H,8-9H2,1-3H3. The monoisotopic (exact) mass is 529 g/mol. The van der Waals surface area contributed by atoms with Crippen molar-refractivity contribution in [3.05, 3.63) is 59.9 Å². The highest BCUT2D eigenvalue weighted by Gasteiger charge is 2.21. The number of aliphatic hydroxyl groups excluding tert-OH is 2. The summed E-state index contributed by atoms with van der Waals surface area (Å²) in [6.07, 6.45) is 0.254. The number of benzene rings is 1. The minimum atomic E-state index is -1.15. The molecule has 0 aliphatic carbocycles. The van der Waals surface area contributed by atoms with Crippen LogP contribution >= 0.6 is 22.6 Å². The molecule has 1 unspecified atom stereocenters. The quantitative estimate of drug-likeness (QED) is 0.421. The molecular formula is C20H21FIN3O5. The van der Waals surface area contributed by atoms with Crippen molar-refractivity contribution in [1.29, 1.82) is 0 Å². The number of rotatable bonds is 6. The number of ether oxygens (including phenoxy) is 1. The van der Waals surface area contributed by atoms with Crippen molar-refractivity contribution in [3.63, 3.8) is 0 Å². The van der Waals surface area contributed by atoms with E-state index in [1.54, 1.807) is 31.7 Å². The fraction of sp³-hybridized carbons (Fsp3) is 0.300. The lowest BCUT2D eigenvalue weighted by atomic mass is 10.1. The van der Waals surface area contributed by atoms with E-state index >= 15 is 0 Å². The van der Waals surface area contributed by atoms with Gasteiger partial charge in [0.15, 0.2) is 5.75 Å². The van der Waals surface area contributed by atoms with Gasteiger partial charge in [0.05, 0.1) is 29.6 Å². The summed E-state index contributed by atoms with van der Waals surface area (Å²) < 4.78 is 23.4. The lowest BCUT2D eigenvalue weighted by Crippen LogP contribution is -2.28. The second kappa shape index (κ2) is 8.74. The largest absolute Gasteiger partial charge is 0.485 e. The Hall–Kier alpha value is -2.44. The zero-order chi connectivity index (χ0) is 22.2. The van der Waals surface area contributed by atoms with Gasteiger partial charge in [-0.05, 0) is 47.7 Å². The third kappa shape index (κ3) is 4.07. The molecule has 30 heavy (non-hydrogen) atoms. The predicted molar refractivity (Wildman–Crippen MR) is 120 cm³/mol. The molecule has 0 amide bonds. The van der Waals surface area contributed by atoms with E-state index in [0.717, 1.165) is 0 Å². The Bertz CT molecular complexity index is 1240. The van der Waals surface area contributed by atoms with E-state index in [-0.39, 0.29) is 40.2 Å². The number of nitrogens with zero attached hydrogens (tertiary/aromatic N) is 2. The van der Waals surface area contributed by atoms with Crippen molar-refractivity contribution in [1.82, 2.24) is 9.13 Å². The van der Waals surface area contributed by atoms with E-state index in [9.17, 15) is 19.1 Å². The Morgan fingerprint density at radius 1 is 1.30 bits per heavy atom. The topological polar surface area (TPSA) is 106 Å². The Balaban J connectivity index is 2.28. The van der Waals surface area contributed by atoms with Gasteiger partial charge in [0.2, 0.25) is 5.43 Å². The molecule has 0 aliphatic rings. The Kier molecular flexibility index (Phi) is 6.48. The van der Waals surface area contributed by atoms with Gasteiger partial charge in [-0.25, -0.2) is 4.39 Å². The highest BCUT2D eigenvalue weighted by atomic mass is 127. The summed E-state index contributed by atoms with van der Waals surface area (Å²) in [6.45, 7) is 0.758. The molecule has 1 aromatic carbocycles. The second-order valence-corrected chi connectivity index (χ2v) is 8.14. The van der Waals surface area contributed by atoms with Crippen LogP contribution in [0.15, 0.2) is 34.0 Å². The van der Waals surface area contributed by atoms with Gasteiger partial charge in [0.25, 0.3) is 5.56 Å². The van der Waals surface area contributed by atoms with Crippen molar-refractivity contribution < 1.29 is 19.3 Å². The number of hydrogen-bond donors (Lipinski definition) is 3. The zero-order valence-electron chi connectivity index (χ0n) is 16.6. The number of aryl methyl sites for hydroxylation is 2. The summed E-state index contributed by atoms with van der Waals surface area (Å²) in [5.74, 6) is -0.591. The molecular weight excluding hydrogens is 508 g/mol. The Morgan fingerprint density at radius 3 is 2.63 bits per heavy atom. The molecule has 3 rings (SSSR count). The molecule has 0 spiro atoms. The molecule has 1 atom stereocenters. The van der Waals surface area contributed by atoms with Crippen LogP contribution in [0.5, 0.6) is 5.75 Å². The molecule has 0 aliphatic heterocycles. The molecule has 0 fully saturated rings. The van der Waals surface area contributed by atoms with Crippen LogP contribution in [-0.2, 0) is 14.1 Å². The first kappa shape index (κ1) is 22.2. The summed E-state index contributed by atoms with van der Waals surface area (Å²) in [7, 11) is 3.18. The van der Waals surface area contributed by atoms with E-state index in [0.29, 0.717) is 9.22 Å². The lowest BCUT2D eigenvalue weighted by Gasteiger charge is -2.19. The maximum absolute atomic E-state index is 14.4. The smallest absolute Gasteiger partial charge is 0.256 e. The van der Waals surface area contributed by atoms with Crippen LogP contribution in [0, 0.1) is 16.3 Å². The first-order valence-electron chi connectivity index (χ1n) is 9.02. The highest BCUT2D eigenvalue weighted by molar-refractivity contribution is 14.1. The van der Waals surface area contributed by atoms with Crippen LogP contribution < -0.4 is 21.0 Å². The van der Waals surface area contributed by atoms with E-state index in [4.69, 9.17) is 9.84 Å². The number of pyridine rings is 2. The third-order valence-electron chi connectivity index (χ3n) is 4.72. The molecule has 0 saturated carbocycles. The van der Waals surface area contributed by atoms with E-state index in [1.807, 2.05) is 22.6 Å². The number of fused-ring (bicyclic) bond motifs is 1. The first-order valence-corrected chi connectivity index (χ1v) is 10.1. The number of aliphatic hydroxyl groups is 2. The molecule has 2 aromatic heterocycles. The molecule has 3 N–H and O–H groups in total. The highest BCUT2D eigenvalue weighted by Crippen LogP contribution is 2.29. The zero-order valence-corrected chi connectivity index (χ0v) is 18.7. The van der Waals surface area contributed by atoms with Gasteiger partial charge in [0, 0.05) is 23.2 Å². The fourth-order valence-corrected chi connectivity index (χ4v) is 3.65. The summed E-state index contributed by atoms with van der Waals surface area (Å²) in [5.41, 5.74) is 0.00133. The van der Waals surface area contributed by atoms with Gasteiger partial charge in [-0.2, -0.15) is 0 Å². The first-order chi connectivity index (χ1) is 14.1. The second-order valence-electron chi connectivity index (χ2n) is 6.89. The number of halogens is 2. The summed E-state index contributed by atoms with van der Waals surface area (Å²) in [4.78, 5) is 26.0. The number of hydrogen-bond acceptors (Lipinski definition) is 6. The maximum Gasteiger partial charge on any atom is 0.256 e. The van der Waals surface area contributed by atoms with Crippen molar-refractivity contribution in [3.8, 4) is 5.75 Å². The van der Waals surface area contributed by atoms with Gasteiger partial charge < -0.3 is 24.8 Å². The Labute approximate surface area is 184 Å². The summed E-state index contributed by atoms with van der Waals surface area (Å²) in [6, 6.07) is 4.57. The van der Waals surface area contributed by atoms with Crippen molar-refractivity contribution in [2.24, 2.45) is 14.1 Å². The normalized spacial score (nSPS) is 12.2. The Morgan fingerprint density at radius 2 is 2.00 bits per heavy atom. The van der Waals surface area contributed by atoms with Gasteiger partial charge >= 0.3 is 0 Å². The average Bonchev–Trinajstić information content (AvgIpc) is 2.71. The molecule has 160 valence electrons. The minimum Gasteiger partial charge on any atom is -0.485 e. The van der Waals surface area contributed by atoms with Crippen LogP contribution in [0.2, 0.25) is 0 Å². The van der Waals surface area contributed by atoms with Crippen LogP contribution in [0.1, 0.15) is 5.56 Å². The van der Waals surface area contributed by atoms with Crippen LogP contribution in [0.25, 0.3) is 11.0 Å². The van der Waals surface area contributed by atoms with Gasteiger partial charge in [-0.15, -0.1) is 0 Å². The van der Waals surface area contributed by atoms with Crippen LogP contribution in [0.4, 0.5) is 15.8 Å². The number of anilines is 2. The molecule has 2 heterocycles. The molecule has 0 saturated heterocycles. The number of aromatic nitrogens is 2. The van der Waals surface area contributed by atoms with E-state index in [1.165, 1.54) is 22.9 Å². The van der Waals surface area contributed by atoms with E-state index in [2.05, 4.69) is 5.32 Å². The summed E-state index contributed by atoms with van der Waals surface area (Å²) >= 11 is 1.99. The number of nitrogens with one attached hydrogen (secondary N) is 1. The van der Waals surface area contributed by atoms with Gasteiger partial charge in [-0.1, -0.05) is 0 Å². The summed E-state index contributed by atoms with van der Waals surface area (Å²) in [5, 5.41) is 21.5. The minimum absolute atomic E-state index is 0.0679. The van der Waals surface area contributed by atoms with Crippen molar-refractivity contribution in [2.45, 2.75) is 13.0 Å². The molecule has 0 bridgehead atoms. The molecule has 0 radical (unpaired) electrons. The van der Waals surface area contributed by atoms with Gasteiger partial charge in [-0.3, -0.25) is 14.2 Å².